The highest BCUT2D eigenvalue weighted by Gasteiger charge is 2.39. The van der Waals surface area contributed by atoms with Crippen molar-refractivity contribution in [2.45, 2.75) is 31.5 Å². The maximum atomic E-state index is 14.5. The van der Waals surface area contributed by atoms with E-state index in [-0.39, 0.29) is 47.6 Å². The molecule has 3 amide bonds. The second kappa shape index (κ2) is 10.6. The van der Waals surface area contributed by atoms with Crippen molar-refractivity contribution in [2.75, 3.05) is 19.0 Å². The topological polar surface area (TPSA) is 124 Å². The lowest BCUT2D eigenvalue weighted by Gasteiger charge is -2.23. The molecule has 1 fully saturated rings. The van der Waals surface area contributed by atoms with E-state index in [2.05, 4.69) is 10.1 Å². The summed E-state index contributed by atoms with van der Waals surface area (Å²) in [6.07, 6.45) is -0.628. The van der Waals surface area contributed by atoms with Crippen LogP contribution >= 0.6 is 11.6 Å². The number of ketones is 1. The number of rotatable bonds is 6. The molecule has 3 N–H and O–H groups in total. The van der Waals surface area contributed by atoms with Crippen LogP contribution in [0, 0.1) is 5.82 Å². The summed E-state index contributed by atoms with van der Waals surface area (Å²) in [5.41, 5.74) is 6.19. The van der Waals surface area contributed by atoms with Crippen molar-refractivity contribution in [1.29, 1.82) is 0 Å². The van der Waals surface area contributed by atoms with Gasteiger partial charge in [-0.15, -0.1) is 0 Å². The van der Waals surface area contributed by atoms with Gasteiger partial charge in [0.05, 0.1) is 41.5 Å². The van der Waals surface area contributed by atoms with Gasteiger partial charge in [0.1, 0.15) is 12.0 Å². The number of methoxy groups -OCH3 is 1. The Morgan fingerprint density at radius 3 is 2.65 bits per heavy atom. The number of nitrogens with zero attached hydrogens (tertiary/aromatic N) is 2. The molecule has 1 saturated heterocycles. The molecule has 1 aliphatic heterocycles. The number of esters is 1. The van der Waals surface area contributed by atoms with Crippen molar-refractivity contribution in [2.24, 2.45) is 5.73 Å². The minimum atomic E-state index is -1.43. The van der Waals surface area contributed by atoms with Crippen LogP contribution in [0.2, 0.25) is 5.02 Å². The number of amides is 3. The number of halogens is 3. The van der Waals surface area contributed by atoms with Crippen LogP contribution in [-0.4, -0.2) is 59.1 Å². The van der Waals surface area contributed by atoms with Gasteiger partial charge in [0.15, 0.2) is 5.78 Å². The number of urea groups is 1. The predicted molar refractivity (Wildman–Crippen MR) is 132 cm³/mol. The van der Waals surface area contributed by atoms with Crippen molar-refractivity contribution in [3.63, 3.8) is 0 Å². The van der Waals surface area contributed by atoms with Crippen LogP contribution in [-0.2, 0) is 16.0 Å². The second-order valence-electron chi connectivity index (χ2n) is 8.59. The summed E-state index contributed by atoms with van der Waals surface area (Å²) < 4.78 is 34.6. The molecule has 1 aromatic heterocycles. The molecule has 12 heteroatoms. The van der Waals surface area contributed by atoms with Crippen LogP contribution in [0.15, 0.2) is 42.6 Å². The average Bonchev–Trinajstić information content (AvgIpc) is 3.45. The first kappa shape index (κ1) is 26.1. The number of carbonyl (C=O) groups excluding carboxylic acids is 4. The maximum absolute atomic E-state index is 14.5. The number of aryl methyl sites for hydroxylation is 1. The van der Waals surface area contributed by atoms with E-state index in [1.807, 2.05) is 0 Å². The summed E-state index contributed by atoms with van der Waals surface area (Å²) in [5.74, 6) is -1.97. The first-order valence-corrected chi connectivity index (χ1v) is 11.7. The number of alkyl halides is 1. The van der Waals surface area contributed by atoms with Crippen molar-refractivity contribution < 1.29 is 32.7 Å². The smallest absolute Gasteiger partial charge is 0.337 e. The van der Waals surface area contributed by atoms with Crippen LogP contribution in [0.3, 0.4) is 0 Å². The highest BCUT2D eigenvalue weighted by molar-refractivity contribution is 6.31. The van der Waals surface area contributed by atoms with Gasteiger partial charge in [-0.05, 0) is 30.2 Å². The number of primary amides is 1. The molecule has 0 bridgehead atoms. The molecule has 0 spiro atoms. The summed E-state index contributed by atoms with van der Waals surface area (Å²) in [6.45, 7) is -0.311. The zero-order chi connectivity index (χ0) is 26.9. The quantitative estimate of drug-likeness (QED) is 0.458. The molecule has 4 rings (SSSR count). The number of benzene rings is 2. The number of ether oxygens (including phenoxy) is 1. The molecule has 37 heavy (non-hydrogen) atoms. The minimum absolute atomic E-state index is 0.0197. The lowest BCUT2D eigenvalue weighted by molar-refractivity contribution is -0.122. The third kappa shape index (κ3) is 5.26. The van der Waals surface area contributed by atoms with E-state index in [0.717, 1.165) is 15.5 Å². The summed E-state index contributed by atoms with van der Waals surface area (Å²) >= 11 is 5.88. The molecule has 0 unspecified atom stereocenters. The van der Waals surface area contributed by atoms with E-state index in [4.69, 9.17) is 17.3 Å². The Bertz CT molecular complexity index is 1410. The van der Waals surface area contributed by atoms with E-state index in [1.54, 1.807) is 24.3 Å². The number of nitrogens with two attached hydrogens (primary N) is 1. The second-order valence-corrected chi connectivity index (χ2v) is 9.00. The largest absolute Gasteiger partial charge is 0.465 e. The molecule has 0 saturated carbocycles. The van der Waals surface area contributed by atoms with E-state index < -0.39 is 41.8 Å². The standard InChI is InChI=1S/C25H23ClF2N4O5/c1-37-23(34)14-8-13(22(28)17(26)9-14)6-7-21(33)20-10-15(27)11-32(20)25(36)30-18-12-31(24(29)35)19-5-3-2-4-16(18)19/h2-5,8-9,12,15,20H,6-7,10-11H2,1H3,(H2,29,35)(H,30,36)/t15-,20+/m1/s1. The summed E-state index contributed by atoms with van der Waals surface area (Å²) in [7, 11) is 1.17. The number of likely N-dealkylation sites (tertiary alicyclic amines) is 1. The normalized spacial score (nSPS) is 17.1. The Hall–Kier alpha value is -3.99. The van der Waals surface area contributed by atoms with Crippen LogP contribution in [0.1, 0.15) is 28.8 Å². The SMILES string of the molecule is COC(=O)c1cc(Cl)c(F)c(CCC(=O)[C@@H]2C[C@@H](F)CN2C(=O)Nc2cn(C(N)=O)c3ccccc23)c1. The maximum Gasteiger partial charge on any atom is 0.337 e. The van der Waals surface area contributed by atoms with Gasteiger partial charge in [-0.2, -0.15) is 0 Å². The van der Waals surface area contributed by atoms with E-state index >= 15 is 0 Å². The number of nitrogens with one attached hydrogen (secondary N) is 1. The van der Waals surface area contributed by atoms with Crippen molar-refractivity contribution in [3.05, 3.63) is 64.6 Å². The number of aromatic nitrogens is 1. The Kier molecular flexibility index (Phi) is 7.44. The fourth-order valence-electron chi connectivity index (χ4n) is 4.45. The number of para-hydroxylation sites is 1. The zero-order valence-corrected chi connectivity index (χ0v) is 20.4. The Morgan fingerprint density at radius 1 is 1.22 bits per heavy atom. The van der Waals surface area contributed by atoms with Crippen molar-refractivity contribution >= 4 is 52.0 Å². The Balaban J connectivity index is 1.50. The van der Waals surface area contributed by atoms with Gasteiger partial charge >= 0.3 is 18.0 Å². The van der Waals surface area contributed by atoms with Crippen LogP contribution < -0.4 is 11.1 Å². The monoisotopic (exact) mass is 532 g/mol. The lowest BCUT2D eigenvalue weighted by atomic mass is 10.00. The molecular weight excluding hydrogens is 510 g/mol. The van der Waals surface area contributed by atoms with Crippen molar-refractivity contribution in [3.8, 4) is 0 Å². The fourth-order valence-corrected chi connectivity index (χ4v) is 4.69. The molecule has 3 aromatic rings. The molecular formula is C25H23ClF2N4O5. The molecule has 2 atom stereocenters. The number of carbonyl (C=O) groups is 4. The summed E-state index contributed by atoms with van der Waals surface area (Å²) in [6, 6.07) is 6.54. The summed E-state index contributed by atoms with van der Waals surface area (Å²) in [4.78, 5) is 50.7. The molecule has 194 valence electrons. The predicted octanol–water partition coefficient (Wildman–Crippen LogP) is 4.29. The molecule has 0 aliphatic carbocycles. The first-order valence-electron chi connectivity index (χ1n) is 11.3. The van der Waals surface area contributed by atoms with Gasteiger partial charge in [0.2, 0.25) is 0 Å². The van der Waals surface area contributed by atoms with Crippen LogP contribution in [0.4, 0.5) is 24.1 Å². The first-order chi connectivity index (χ1) is 17.6. The minimum Gasteiger partial charge on any atom is -0.465 e. The van der Waals surface area contributed by atoms with Crippen LogP contribution in [0.5, 0.6) is 0 Å². The lowest BCUT2D eigenvalue weighted by Crippen LogP contribution is -2.43. The zero-order valence-electron chi connectivity index (χ0n) is 19.7. The van der Waals surface area contributed by atoms with Crippen LogP contribution in [0.25, 0.3) is 10.9 Å². The highest BCUT2D eigenvalue weighted by atomic mass is 35.5. The average molecular weight is 533 g/mol. The number of hydrogen-bond donors (Lipinski definition) is 2. The molecule has 1 aliphatic rings. The third-order valence-corrected chi connectivity index (χ3v) is 6.51. The highest BCUT2D eigenvalue weighted by Crippen LogP contribution is 2.29. The fraction of sp³-hybridized carbons (Fsp3) is 0.280. The number of Topliss-reactive ketones (excluding diaryl/α,β-unsaturated/α-hetero) is 1. The third-order valence-electron chi connectivity index (χ3n) is 6.24. The van der Waals surface area contributed by atoms with Gasteiger partial charge in [-0.3, -0.25) is 9.36 Å². The Labute approximate surface area is 215 Å². The molecule has 2 aromatic carbocycles. The van der Waals surface area contributed by atoms with Crippen molar-refractivity contribution in [1.82, 2.24) is 9.47 Å². The Morgan fingerprint density at radius 2 is 1.95 bits per heavy atom. The molecule has 0 radical (unpaired) electrons. The van der Waals surface area contributed by atoms with E-state index in [1.165, 1.54) is 19.4 Å². The number of hydrogen-bond acceptors (Lipinski definition) is 5. The van der Waals surface area contributed by atoms with Gasteiger partial charge in [0.25, 0.3) is 0 Å². The van der Waals surface area contributed by atoms with Gasteiger partial charge in [-0.1, -0.05) is 29.8 Å². The number of fused-ring (bicyclic) bond motifs is 1. The molecule has 9 nitrogen and oxygen atoms in total. The van der Waals surface area contributed by atoms with E-state index in [9.17, 15) is 28.0 Å². The summed E-state index contributed by atoms with van der Waals surface area (Å²) in [5, 5.41) is 2.87. The molecule has 2 heterocycles. The van der Waals surface area contributed by atoms with Gasteiger partial charge in [0, 0.05) is 24.4 Å². The van der Waals surface area contributed by atoms with E-state index in [0.29, 0.717) is 10.9 Å². The number of anilines is 1. The van der Waals surface area contributed by atoms with Gasteiger partial charge < -0.3 is 20.7 Å². The van der Waals surface area contributed by atoms with Gasteiger partial charge in [-0.25, -0.2) is 23.2 Å².